The van der Waals surface area contributed by atoms with Crippen LogP contribution in [-0.4, -0.2) is 11.1 Å². The largest absolute Gasteiger partial charge is 0.344 e. The van der Waals surface area contributed by atoms with E-state index in [1.54, 1.807) is 0 Å². The highest BCUT2D eigenvalue weighted by Crippen LogP contribution is 2.28. The predicted molar refractivity (Wildman–Crippen MR) is 74.8 cm³/mol. The Labute approximate surface area is 109 Å². The molecule has 1 N–H and O–H groups in total. The number of hydrogen-bond donors (Lipinski definition) is 1. The van der Waals surface area contributed by atoms with Crippen LogP contribution in [-0.2, 0) is 6.54 Å². The van der Waals surface area contributed by atoms with Crippen molar-refractivity contribution in [2.75, 3.05) is 6.54 Å². The summed E-state index contributed by atoms with van der Waals surface area (Å²) in [7, 11) is 0. The number of benzene rings is 1. The molecule has 0 spiro atoms. The molecule has 2 nitrogen and oxygen atoms in total. The van der Waals surface area contributed by atoms with Crippen molar-refractivity contribution in [1.82, 2.24) is 9.88 Å². The first-order valence-corrected chi connectivity index (χ1v) is 6.69. The summed E-state index contributed by atoms with van der Waals surface area (Å²) in [5.74, 6) is 0. The van der Waals surface area contributed by atoms with E-state index in [4.69, 9.17) is 0 Å². The third-order valence-electron chi connectivity index (χ3n) is 4.00. The molecule has 1 aromatic carbocycles. The Bertz CT molecular complexity index is 536. The second-order valence-corrected chi connectivity index (χ2v) is 5.19. The summed E-state index contributed by atoms with van der Waals surface area (Å²) in [6.45, 7) is 6.58. The minimum atomic E-state index is 0.584. The lowest BCUT2D eigenvalue weighted by Gasteiger charge is -2.28. The normalized spacial score (nSPS) is 18.7. The molecule has 0 aliphatic carbocycles. The van der Waals surface area contributed by atoms with Crippen LogP contribution in [0.5, 0.6) is 0 Å². The van der Waals surface area contributed by atoms with Gasteiger partial charge in [-0.25, -0.2) is 0 Å². The van der Waals surface area contributed by atoms with E-state index < -0.39 is 0 Å². The zero-order valence-electron chi connectivity index (χ0n) is 11.1. The maximum absolute atomic E-state index is 3.49. The number of aryl methyl sites for hydroxylation is 1. The number of aromatic nitrogens is 1. The third kappa shape index (κ3) is 1.97. The highest BCUT2D eigenvalue weighted by atomic mass is 15.0. The van der Waals surface area contributed by atoms with Gasteiger partial charge in [0.2, 0.25) is 0 Å². The van der Waals surface area contributed by atoms with Crippen LogP contribution in [0.1, 0.15) is 35.0 Å². The fraction of sp³-hybridized carbons (Fsp3) is 0.375. The molecule has 0 saturated carbocycles. The van der Waals surface area contributed by atoms with Crippen LogP contribution in [0.4, 0.5) is 0 Å². The van der Waals surface area contributed by atoms with Crippen LogP contribution in [0.2, 0.25) is 0 Å². The van der Waals surface area contributed by atoms with E-state index in [2.05, 4.69) is 60.1 Å². The molecule has 3 rings (SSSR count). The topological polar surface area (TPSA) is 17.0 Å². The van der Waals surface area contributed by atoms with E-state index in [-0.39, 0.29) is 0 Å². The number of nitrogens with one attached hydrogen (secondary N) is 1. The molecule has 2 heteroatoms. The molecule has 2 aromatic rings. The predicted octanol–water partition coefficient (Wildman–Crippen LogP) is 3.19. The Morgan fingerprint density at radius 2 is 1.94 bits per heavy atom. The van der Waals surface area contributed by atoms with Crippen molar-refractivity contribution in [3.63, 3.8) is 0 Å². The van der Waals surface area contributed by atoms with Gasteiger partial charge in [-0.3, -0.25) is 0 Å². The molecule has 1 aromatic heterocycles. The minimum absolute atomic E-state index is 0.584. The van der Waals surface area contributed by atoms with E-state index in [1.807, 2.05) is 0 Å². The first-order chi connectivity index (χ1) is 8.75. The van der Waals surface area contributed by atoms with Crippen molar-refractivity contribution >= 4 is 0 Å². The lowest BCUT2D eigenvalue weighted by atomic mass is 9.98. The Hall–Kier alpha value is -1.54. The number of hydrogen-bond acceptors (Lipinski definition) is 1. The van der Waals surface area contributed by atoms with Crippen molar-refractivity contribution in [2.45, 2.75) is 32.9 Å². The summed E-state index contributed by atoms with van der Waals surface area (Å²) >= 11 is 0. The molecular weight excluding hydrogens is 220 g/mol. The molecule has 18 heavy (non-hydrogen) atoms. The van der Waals surface area contributed by atoms with Crippen molar-refractivity contribution in [3.8, 4) is 0 Å². The number of nitrogens with zero attached hydrogens (tertiary/aromatic N) is 1. The molecule has 94 valence electrons. The van der Waals surface area contributed by atoms with Crippen LogP contribution in [0, 0.1) is 13.8 Å². The number of rotatable bonds is 3. The standard InChI is InChI=1S/C16H20N2/c1-12-10-15(16-8-9-17-16)13(2)18(12)11-14-6-4-3-5-7-14/h3-7,10,16-17H,8-9,11H2,1-2H3. The summed E-state index contributed by atoms with van der Waals surface area (Å²) in [5, 5.41) is 3.49. The molecule has 0 bridgehead atoms. The quantitative estimate of drug-likeness (QED) is 0.872. The molecular formula is C16H20N2. The Morgan fingerprint density at radius 1 is 1.22 bits per heavy atom. The maximum Gasteiger partial charge on any atom is 0.0475 e. The molecule has 1 atom stereocenters. The summed E-state index contributed by atoms with van der Waals surface area (Å²) < 4.78 is 2.42. The van der Waals surface area contributed by atoms with Gasteiger partial charge in [-0.2, -0.15) is 0 Å². The summed E-state index contributed by atoms with van der Waals surface area (Å²) in [6, 6.07) is 13.6. The molecule has 1 fully saturated rings. The fourth-order valence-corrected chi connectivity index (χ4v) is 2.74. The average Bonchev–Trinajstić information content (AvgIpc) is 2.57. The van der Waals surface area contributed by atoms with E-state index in [9.17, 15) is 0 Å². The van der Waals surface area contributed by atoms with Gasteiger partial charge >= 0.3 is 0 Å². The van der Waals surface area contributed by atoms with E-state index in [0.29, 0.717) is 6.04 Å². The second-order valence-electron chi connectivity index (χ2n) is 5.19. The molecule has 1 unspecified atom stereocenters. The van der Waals surface area contributed by atoms with E-state index in [1.165, 1.54) is 28.9 Å². The SMILES string of the molecule is Cc1cc(C2CCN2)c(C)n1Cc1ccccc1. The van der Waals surface area contributed by atoms with Gasteiger partial charge in [-0.15, -0.1) is 0 Å². The average molecular weight is 240 g/mol. The second kappa shape index (κ2) is 4.62. The zero-order valence-corrected chi connectivity index (χ0v) is 11.1. The Morgan fingerprint density at radius 3 is 2.56 bits per heavy atom. The summed E-state index contributed by atoms with van der Waals surface area (Å²) in [5.41, 5.74) is 5.62. The van der Waals surface area contributed by atoms with Gasteiger partial charge in [0.1, 0.15) is 0 Å². The first-order valence-electron chi connectivity index (χ1n) is 6.69. The van der Waals surface area contributed by atoms with Crippen molar-refractivity contribution < 1.29 is 0 Å². The maximum atomic E-state index is 3.49. The molecule has 0 radical (unpaired) electrons. The summed E-state index contributed by atoms with van der Waals surface area (Å²) in [4.78, 5) is 0. The lowest BCUT2D eigenvalue weighted by Crippen LogP contribution is -2.35. The Balaban J connectivity index is 1.90. The highest BCUT2D eigenvalue weighted by molar-refractivity contribution is 5.32. The third-order valence-corrected chi connectivity index (χ3v) is 4.00. The monoisotopic (exact) mass is 240 g/mol. The van der Waals surface area contributed by atoms with E-state index in [0.717, 1.165) is 13.1 Å². The smallest absolute Gasteiger partial charge is 0.0475 e. The van der Waals surface area contributed by atoms with Gasteiger partial charge in [-0.1, -0.05) is 30.3 Å². The van der Waals surface area contributed by atoms with Gasteiger partial charge in [-0.05, 0) is 44.0 Å². The lowest BCUT2D eigenvalue weighted by molar-refractivity contribution is 0.381. The van der Waals surface area contributed by atoms with Crippen LogP contribution in [0.25, 0.3) is 0 Å². The van der Waals surface area contributed by atoms with Crippen LogP contribution in [0.15, 0.2) is 36.4 Å². The molecule has 2 heterocycles. The Kier molecular flexibility index (Phi) is 2.96. The van der Waals surface area contributed by atoms with Crippen molar-refractivity contribution in [1.29, 1.82) is 0 Å². The van der Waals surface area contributed by atoms with Gasteiger partial charge in [0.05, 0.1) is 0 Å². The van der Waals surface area contributed by atoms with Gasteiger partial charge in [0.15, 0.2) is 0 Å². The van der Waals surface area contributed by atoms with Crippen molar-refractivity contribution in [3.05, 3.63) is 58.9 Å². The molecule has 1 saturated heterocycles. The highest BCUT2D eigenvalue weighted by Gasteiger charge is 2.23. The fourth-order valence-electron chi connectivity index (χ4n) is 2.74. The minimum Gasteiger partial charge on any atom is -0.344 e. The first kappa shape index (κ1) is 11.5. The molecule has 1 aliphatic rings. The van der Waals surface area contributed by atoms with Gasteiger partial charge < -0.3 is 9.88 Å². The zero-order chi connectivity index (χ0) is 12.5. The molecule has 0 amide bonds. The van der Waals surface area contributed by atoms with Crippen LogP contribution in [0.3, 0.4) is 0 Å². The van der Waals surface area contributed by atoms with Gasteiger partial charge in [0.25, 0.3) is 0 Å². The van der Waals surface area contributed by atoms with Crippen LogP contribution < -0.4 is 5.32 Å². The summed E-state index contributed by atoms with van der Waals surface area (Å²) in [6.07, 6.45) is 1.27. The molecule has 1 aliphatic heterocycles. The van der Waals surface area contributed by atoms with Gasteiger partial charge in [0, 0.05) is 24.0 Å². The van der Waals surface area contributed by atoms with E-state index >= 15 is 0 Å². The van der Waals surface area contributed by atoms with Crippen LogP contribution >= 0.6 is 0 Å². The van der Waals surface area contributed by atoms with Crippen molar-refractivity contribution in [2.24, 2.45) is 0 Å².